The summed E-state index contributed by atoms with van der Waals surface area (Å²) >= 11 is 0. The Kier molecular flexibility index (Phi) is 6.13. The Morgan fingerprint density at radius 1 is 0.610 bits per heavy atom. The van der Waals surface area contributed by atoms with Crippen LogP contribution in [0.5, 0.6) is 51.7 Å². The van der Waals surface area contributed by atoms with Crippen molar-refractivity contribution in [3.8, 4) is 51.7 Å². The van der Waals surface area contributed by atoms with Gasteiger partial charge in [0.05, 0.1) is 6.10 Å². The second-order valence-corrected chi connectivity index (χ2v) is 10.2. The van der Waals surface area contributed by atoms with Crippen LogP contribution in [0.4, 0.5) is 0 Å². The van der Waals surface area contributed by atoms with Gasteiger partial charge in [0.2, 0.25) is 0 Å². The lowest BCUT2D eigenvalue weighted by molar-refractivity contribution is 0.00190. The highest BCUT2D eigenvalue weighted by Gasteiger charge is 2.44. The second-order valence-electron chi connectivity index (χ2n) is 10.2. The van der Waals surface area contributed by atoms with Crippen LogP contribution in [-0.2, 0) is 6.42 Å². The fraction of sp³-hybridized carbons (Fsp3) is 0.200. The van der Waals surface area contributed by atoms with Crippen molar-refractivity contribution in [2.24, 2.45) is 0 Å². The third-order valence-electron chi connectivity index (χ3n) is 7.58. The normalized spacial score (nSPS) is 23.1. The lowest BCUT2D eigenvalue weighted by Gasteiger charge is -2.40. The van der Waals surface area contributed by atoms with E-state index in [1.54, 1.807) is 12.1 Å². The second kappa shape index (κ2) is 9.58. The predicted molar refractivity (Wildman–Crippen MR) is 142 cm³/mol. The molecule has 2 heterocycles. The molecule has 6 rings (SSSR count). The van der Waals surface area contributed by atoms with Crippen LogP contribution in [-0.4, -0.2) is 58.2 Å². The standard InChI is InChI=1S/C30H26O11/c31-14-3-1-12(2-4-14)29-27(39)24(16-6-5-15(32)9-23(16)40-29)25-19(34)11-18(33)17-10-22(37)28(41-30(17)25)13-7-20(35)26(38)21(36)8-13/h1-9,11,22,24,27-29,31-39H,10H2/t22-,24-,27+,28-,29-/m1/s1. The highest BCUT2D eigenvalue weighted by atomic mass is 16.5. The maximum Gasteiger partial charge on any atom is 0.200 e. The van der Waals surface area contributed by atoms with Crippen LogP contribution in [0.25, 0.3) is 0 Å². The molecule has 0 spiro atoms. The van der Waals surface area contributed by atoms with E-state index in [-0.39, 0.29) is 51.9 Å². The number of ether oxygens (including phenoxy) is 2. The fourth-order valence-corrected chi connectivity index (χ4v) is 5.63. The van der Waals surface area contributed by atoms with Gasteiger partial charge in [0.1, 0.15) is 40.6 Å². The van der Waals surface area contributed by atoms with Crippen LogP contribution in [0.2, 0.25) is 0 Å². The maximum absolute atomic E-state index is 11.7. The quantitative estimate of drug-likeness (QED) is 0.166. The van der Waals surface area contributed by atoms with Gasteiger partial charge in [-0.25, -0.2) is 0 Å². The van der Waals surface area contributed by atoms with Crippen LogP contribution in [0.15, 0.2) is 60.7 Å². The van der Waals surface area contributed by atoms with Crippen molar-refractivity contribution in [3.63, 3.8) is 0 Å². The lowest BCUT2D eigenvalue weighted by atomic mass is 9.78. The molecule has 2 aliphatic heterocycles. The van der Waals surface area contributed by atoms with Crippen molar-refractivity contribution in [3.05, 3.63) is 88.5 Å². The molecule has 11 heteroatoms. The first-order valence-electron chi connectivity index (χ1n) is 12.7. The Hall–Kier alpha value is -5.00. The molecule has 5 atom stereocenters. The summed E-state index contributed by atoms with van der Waals surface area (Å²) in [5, 5.41) is 94.4. The SMILES string of the molecule is Oc1ccc([C@H]2Oc3cc(O)ccc3[C@H](c3c(O)cc(O)c4c3O[C@H](c3cc(O)c(O)c(O)c3)[C@H](O)C4)[C@@H]2O)cc1. The topological polar surface area (TPSA) is 201 Å². The van der Waals surface area contributed by atoms with Gasteiger partial charge in [0.15, 0.2) is 29.5 Å². The van der Waals surface area contributed by atoms with Crippen LogP contribution in [0, 0.1) is 0 Å². The molecule has 2 aliphatic rings. The highest BCUT2D eigenvalue weighted by molar-refractivity contribution is 5.64. The molecule has 4 aromatic rings. The molecule has 0 bridgehead atoms. The van der Waals surface area contributed by atoms with Crippen molar-refractivity contribution < 1.29 is 55.4 Å². The van der Waals surface area contributed by atoms with Crippen molar-refractivity contribution in [1.82, 2.24) is 0 Å². The number of phenolic OH excluding ortho intramolecular Hbond substituents is 7. The molecule has 0 amide bonds. The van der Waals surface area contributed by atoms with Crippen LogP contribution in [0.1, 0.15) is 45.9 Å². The lowest BCUT2D eigenvalue weighted by Crippen LogP contribution is -2.36. The Balaban J connectivity index is 1.53. The van der Waals surface area contributed by atoms with Crippen molar-refractivity contribution in [1.29, 1.82) is 0 Å². The Morgan fingerprint density at radius 3 is 1.95 bits per heavy atom. The van der Waals surface area contributed by atoms with Gasteiger partial charge in [-0.3, -0.25) is 0 Å². The van der Waals surface area contributed by atoms with E-state index in [0.717, 1.165) is 18.2 Å². The summed E-state index contributed by atoms with van der Waals surface area (Å²) in [4.78, 5) is 0. The van der Waals surface area contributed by atoms with Crippen molar-refractivity contribution in [2.45, 2.75) is 36.8 Å². The smallest absolute Gasteiger partial charge is 0.200 e. The van der Waals surface area contributed by atoms with E-state index in [2.05, 4.69) is 0 Å². The molecule has 0 aromatic heterocycles. The third-order valence-corrected chi connectivity index (χ3v) is 7.58. The zero-order valence-corrected chi connectivity index (χ0v) is 21.2. The number of hydrogen-bond donors (Lipinski definition) is 9. The minimum atomic E-state index is -1.35. The largest absolute Gasteiger partial charge is 0.508 e. The molecular weight excluding hydrogens is 536 g/mol. The molecule has 212 valence electrons. The Bertz CT molecular complexity index is 1630. The number of aliphatic hydroxyl groups is 2. The first kappa shape index (κ1) is 26.2. The van der Waals surface area contributed by atoms with Crippen LogP contribution in [0.3, 0.4) is 0 Å². The number of phenols is 7. The van der Waals surface area contributed by atoms with E-state index in [1.807, 2.05) is 0 Å². The molecule has 4 aromatic carbocycles. The minimum absolute atomic E-state index is 0.00296. The number of rotatable bonds is 3. The van der Waals surface area contributed by atoms with Crippen molar-refractivity contribution >= 4 is 0 Å². The van der Waals surface area contributed by atoms with Gasteiger partial charge in [-0.05, 0) is 35.9 Å². The number of aromatic hydroxyl groups is 7. The number of aliphatic hydroxyl groups excluding tert-OH is 2. The van der Waals surface area contributed by atoms with Gasteiger partial charge in [-0.1, -0.05) is 18.2 Å². The highest BCUT2D eigenvalue weighted by Crippen LogP contribution is 2.55. The zero-order chi connectivity index (χ0) is 29.2. The molecular formula is C30H26O11. The molecule has 0 unspecified atom stereocenters. The summed E-state index contributed by atoms with van der Waals surface area (Å²) in [6, 6.07) is 13.6. The van der Waals surface area contributed by atoms with Crippen molar-refractivity contribution in [2.75, 3.05) is 0 Å². The van der Waals surface area contributed by atoms with Crippen LogP contribution < -0.4 is 9.47 Å². The molecule has 41 heavy (non-hydrogen) atoms. The summed E-state index contributed by atoms with van der Waals surface area (Å²) in [5.41, 5.74) is 1.19. The molecule has 11 nitrogen and oxygen atoms in total. The van der Waals surface area contributed by atoms with Gasteiger partial charge >= 0.3 is 0 Å². The zero-order valence-electron chi connectivity index (χ0n) is 21.2. The average molecular weight is 563 g/mol. The summed E-state index contributed by atoms with van der Waals surface area (Å²) < 4.78 is 12.2. The van der Waals surface area contributed by atoms with E-state index in [0.29, 0.717) is 11.1 Å². The van der Waals surface area contributed by atoms with Gasteiger partial charge < -0.3 is 55.4 Å². The van der Waals surface area contributed by atoms with Gasteiger partial charge in [0.25, 0.3) is 0 Å². The number of fused-ring (bicyclic) bond motifs is 2. The Labute approximate surface area is 232 Å². The monoisotopic (exact) mass is 562 g/mol. The van der Waals surface area contributed by atoms with Gasteiger partial charge in [-0.15, -0.1) is 0 Å². The van der Waals surface area contributed by atoms with E-state index in [4.69, 9.17) is 9.47 Å². The summed E-state index contributed by atoms with van der Waals surface area (Å²) in [6.45, 7) is 0. The average Bonchev–Trinajstić information content (AvgIpc) is 2.93. The van der Waals surface area contributed by atoms with Gasteiger partial charge in [0, 0.05) is 46.7 Å². The minimum Gasteiger partial charge on any atom is -0.508 e. The molecule has 0 fully saturated rings. The summed E-state index contributed by atoms with van der Waals surface area (Å²) in [5.74, 6) is -3.81. The van der Waals surface area contributed by atoms with Gasteiger partial charge in [-0.2, -0.15) is 0 Å². The summed E-state index contributed by atoms with van der Waals surface area (Å²) in [6.07, 6.45) is -5.03. The molecule has 0 radical (unpaired) electrons. The Morgan fingerprint density at radius 2 is 1.27 bits per heavy atom. The molecule has 0 saturated carbocycles. The van der Waals surface area contributed by atoms with E-state index < -0.39 is 53.3 Å². The number of hydrogen-bond acceptors (Lipinski definition) is 11. The van der Waals surface area contributed by atoms with Crippen LogP contribution >= 0.6 is 0 Å². The maximum atomic E-state index is 11.7. The number of benzene rings is 4. The molecule has 0 aliphatic carbocycles. The third kappa shape index (κ3) is 4.31. The first-order chi connectivity index (χ1) is 19.5. The van der Waals surface area contributed by atoms with E-state index in [1.165, 1.54) is 30.3 Å². The fourth-order valence-electron chi connectivity index (χ4n) is 5.63. The summed E-state index contributed by atoms with van der Waals surface area (Å²) in [7, 11) is 0. The molecule has 0 saturated heterocycles. The molecule has 9 N–H and O–H groups in total. The predicted octanol–water partition coefficient (Wildman–Crippen LogP) is 3.29. The van der Waals surface area contributed by atoms with E-state index in [9.17, 15) is 46.0 Å². The van der Waals surface area contributed by atoms with E-state index >= 15 is 0 Å². The first-order valence-corrected chi connectivity index (χ1v) is 12.7.